The maximum absolute atomic E-state index is 5.25. The van der Waals surface area contributed by atoms with Gasteiger partial charge in [-0.3, -0.25) is 0 Å². The monoisotopic (exact) mass is 220 g/mol. The van der Waals surface area contributed by atoms with Crippen LogP contribution in [0.15, 0.2) is 30.3 Å². The van der Waals surface area contributed by atoms with Gasteiger partial charge in [-0.05, 0) is 22.8 Å². The normalized spacial score (nSPS) is 15.8. The van der Waals surface area contributed by atoms with Gasteiger partial charge in [0.05, 0.1) is 0 Å². The Bertz CT molecular complexity index is 310. The molecular weight excluding hydrogens is 196 g/mol. The summed E-state index contributed by atoms with van der Waals surface area (Å²) in [4.78, 5) is 0. The fourth-order valence-corrected chi connectivity index (χ4v) is 2.06. The Labute approximate surface area is 99.8 Å². The van der Waals surface area contributed by atoms with E-state index in [1.165, 1.54) is 5.56 Å². The molecule has 1 heteroatoms. The third kappa shape index (κ3) is 2.65. The van der Waals surface area contributed by atoms with Crippen LogP contribution in [0, 0.1) is 5.41 Å². The van der Waals surface area contributed by atoms with Crippen molar-refractivity contribution in [2.24, 2.45) is 5.41 Å². The van der Waals surface area contributed by atoms with E-state index in [0.717, 1.165) is 13.0 Å². The highest BCUT2D eigenvalue weighted by Crippen LogP contribution is 2.43. The summed E-state index contributed by atoms with van der Waals surface area (Å²) in [6.45, 7) is 10.0. The van der Waals surface area contributed by atoms with Crippen molar-refractivity contribution in [3.8, 4) is 0 Å². The molecule has 1 atom stereocenters. The zero-order valence-electron chi connectivity index (χ0n) is 11.2. The van der Waals surface area contributed by atoms with E-state index < -0.39 is 0 Å². The summed E-state index contributed by atoms with van der Waals surface area (Å²) in [6, 6.07) is 10.8. The quantitative estimate of drug-likeness (QED) is 0.744. The van der Waals surface area contributed by atoms with Crippen molar-refractivity contribution in [2.45, 2.75) is 39.5 Å². The fourth-order valence-electron chi connectivity index (χ4n) is 2.06. The zero-order valence-corrected chi connectivity index (χ0v) is 11.2. The van der Waals surface area contributed by atoms with Crippen molar-refractivity contribution in [1.29, 1.82) is 0 Å². The van der Waals surface area contributed by atoms with Crippen LogP contribution in [-0.2, 0) is 10.2 Å². The lowest BCUT2D eigenvalue weighted by atomic mass is 9.62. The van der Waals surface area contributed by atoms with Gasteiger partial charge in [0, 0.05) is 13.7 Å². The molecule has 0 spiro atoms. The molecule has 0 aliphatic heterocycles. The van der Waals surface area contributed by atoms with E-state index in [4.69, 9.17) is 4.74 Å². The molecule has 0 aromatic heterocycles. The van der Waals surface area contributed by atoms with E-state index in [1.54, 1.807) is 7.11 Å². The van der Waals surface area contributed by atoms with Crippen LogP contribution >= 0.6 is 0 Å². The average molecular weight is 220 g/mol. The molecule has 0 N–H and O–H groups in total. The van der Waals surface area contributed by atoms with Gasteiger partial charge in [-0.2, -0.15) is 0 Å². The number of ether oxygens (including phenoxy) is 1. The minimum atomic E-state index is 0.157. The van der Waals surface area contributed by atoms with Gasteiger partial charge in [0.25, 0.3) is 0 Å². The van der Waals surface area contributed by atoms with Gasteiger partial charge in [-0.15, -0.1) is 0 Å². The summed E-state index contributed by atoms with van der Waals surface area (Å²) in [5.74, 6) is 0. The van der Waals surface area contributed by atoms with Crippen molar-refractivity contribution >= 4 is 0 Å². The summed E-state index contributed by atoms with van der Waals surface area (Å²) < 4.78 is 5.25. The summed E-state index contributed by atoms with van der Waals surface area (Å²) in [7, 11) is 1.77. The summed E-state index contributed by atoms with van der Waals surface area (Å²) in [6.07, 6.45) is 1.05. The second-order valence-electron chi connectivity index (χ2n) is 5.69. The fraction of sp³-hybridized carbons (Fsp3) is 0.600. The standard InChI is InChI=1S/C15H24O/c1-14(2,3)15(4,11-12-16-5)13-9-7-6-8-10-13/h6-10H,11-12H2,1-5H3. The Morgan fingerprint density at radius 3 is 2.00 bits per heavy atom. The number of benzene rings is 1. The molecule has 0 saturated heterocycles. The van der Waals surface area contributed by atoms with Crippen molar-refractivity contribution in [3.63, 3.8) is 0 Å². The first-order valence-corrected chi connectivity index (χ1v) is 5.96. The third-order valence-electron chi connectivity index (χ3n) is 3.87. The SMILES string of the molecule is COCCC(C)(c1ccccc1)C(C)(C)C. The van der Waals surface area contributed by atoms with Gasteiger partial charge in [0.1, 0.15) is 0 Å². The molecule has 0 saturated carbocycles. The Morgan fingerprint density at radius 2 is 1.56 bits per heavy atom. The van der Waals surface area contributed by atoms with Crippen LogP contribution in [0.3, 0.4) is 0 Å². The van der Waals surface area contributed by atoms with Crippen LogP contribution in [0.1, 0.15) is 39.7 Å². The van der Waals surface area contributed by atoms with Crippen molar-refractivity contribution in [1.82, 2.24) is 0 Å². The molecule has 16 heavy (non-hydrogen) atoms. The topological polar surface area (TPSA) is 9.23 Å². The van der Waals surface area contributed by atoms with Gasteiger partial charge in [-0.25, -0.2) is 0 Å². The smallest absolute Gasteiger partial charge is 0.0470 e. The van der Waals surface area contributed by atoms with E-state index in [-0.39, 0.29) is 10.8 Å². The first-order chi connectivity index (χ1) is 7.42. The molecule has 0 fully saturated rings. The first kappa shape index (κ1) is 13.2. The number of hydrogen-bond acceptors (Lipinski definition) is 1. The van der Waals surface area contributed by atoms with E-state index in [1.807, 2.05) is 0 Å². The molecule has 0 bridgehead atoms. The predicted molar refractivity (Wildman–Crippen MR) is 69.7 cm³/mol. The van der Waals surface area contributed by atoms with Gasteiger partial charge in [0.15, 0.2) is 0 Å². The number of hydrogen-bond donors (Lipinski definition) is 0. The van der Waals surface area contributed by atoms with Gasteiger partial charge < -0.3 is 4.74 Å². The zero-order chi connectivity index (χ0) is 12.2. The minimum absolute atomic E-state index is 0.157. The van der Waals surface area contributed by atoms with E-state index in [0.29, 0.717) is 0 Å². The lowest BCUT2D eigenvalue weighted by Crippen LogP contribution is -2.38. The van der Waals surface area contributed by atoms with Crippen molar-refractivity contribution in [3.05, 3.63) is 35.9 Å². The molecule has 90 valence electrons. The molecule has 1 aromatic carbocycles. The van der Waals surface area contributed by atoms with E-state index in [9.17, 15) is 0 Å². The molecule has 1 nitrogen and oxygen atoms in total. The van der Waals surface area contributed by atoms with Crippen LogP contribution in [0.5, 0.6) is 0 Å². The summed E-state index contributed by atoms with van der Waals surface area (Å²) in [5.41, 5.74) is 1.79. The Morgan fingerprint density at radius 1 is 1.00 bits per heavy atom. The molecule has 1 aromatic rings. The first-order valence-electron chi connectivity index (χ1n) is 5.96. The highest BCUT2D eigenvalue weighted by atomic mass is 16.5. The van der Waals surface area contributed by atoms with Crippen LogP contribution < -0.4 is 0 Å². The summed E-state index contributed by atoms with van der Waals surface area (Å²) in [5, 5.41) is 0. The lowest BCUT2D eigenvalue weighted by Gasteiger charge is -2.42. The van der Waals surface area contributed by atoms with Crippen LogP contribution in [-0.4, -0.2) is 13.7 Å². The van der Waals surface area contributed by atoms with Crippen molar-refractivity contribution < 1.29 is 4.74 Å². The van der Waals surface area contributed by atoms with E-state index in [2.05, 4.69) is 58.0 Å². The largest absolute Gasteiger partial charge is 0.385 e. The maximum Gasteiger partial charge on any atom is 0.0470 e. The third-order valence-corrected chi connectivity index (χ3v) is 3.87. The second-order valence-corrected chi connectivity index (χ2v) is 5.69. The Balaban J connectivity index is 3.05. The van der Waals surface area contributed by atoms with Gasteiger partial charge in [0.2, 0.25) is 0 Å². The molecule has 0 aliphatic carbocycles. The highest BCUT2D eigenvalue weighted by Gasteiger charge is 2.38. The highest BCUT2D eigenvalue weighted by molar-refractivity contribution is 5.26. The molecule has 0 aliphatic rings. The maximum atomic E-state index is 5.25. The molecule has 1 unspecified atom stereocenters. The average Bonchev–Trinajstić information content (AvgIpc) is 2.25. The van der Waals surface area contributed by atoms with Gasteiger partial charge in [-0.1, -0.05) is 58.0 Å². The molecule has 0 radical (unpaired) electrons. The Kier molecular flexibility index (Phi) is 4.15. The van der Waals surface area contributed by atoms with Crippen LogP contribution in [0.4, 0.5) is 0 Å². The molecule has 1 rings (SSSR count). The number of methoxy groups -OCH3 is 1. The molecular formula is C15H24O. The lowest BCUT2D eigenvalue weighted by molar-refractivity contribution is 0.118. The number of rotatable bonds is 4. The molecule has 0 amide bonds. The van der Waals surface area contributed by atoms with Crippen LogP contribution in [0.25, 0.3) is 0 Å². The van der Waals surface area contributed by atoms with Gasteiger partial charge >= 0.3 is 0 Å². The predicted octanol–water partition coefficient (Wildman–Crippen LogP) is 4.03. The molecule has 0 heterocycles. The van der Waals surface area contributed by atoms with E-state index >= 15 is 0 Å². The second kappa shape index (κ2) is 5.01. The minimum Gasteiger partial charge on any atom is -0.385 e. The Hall–Kier alpha value is -0.820. The summed E-state index contributed by atoms with van der Waals surface area (Å²) >= 11 is 0. The van der Waals surface area contributed by atoms with Crippen molar-refractivity contribution in [2.75, 3.05) is 13.7 Å². The van der Waals surface area contributed by atoms with Crippen LogP contribution in [0.2, 0.25) is 0 Å².